The standard InChI is InChI=1S/C18H21NS.C18H19NS.CH4/c2*1-12-11-15-16(20-12)9-10-19-17(15)13-5-7-14(8-6-13)18(2,3)4;/h5-8,11H,9-10H2,1-4H3;5-11H,1-4H3;1H4. The largest absolute Gasteiger partial charge is 0.284 e. The van der Waals surface area contributed by atoms with E-state index in [4.69, 9.17) is 4.99 Å². The van der Waals surface area contributed by atoms with Gasteiger partial charge >= 0.3 is 0 Å². The molecule has 0 atom stereocenters. The molecule has 0 saturated carbocycles. The van der Waals surface area contributed by atoms with Crippen LogP contribution in [0.5, 0.6) is 0 Å². The zero-order valence-electron chi connectivity index (χ0n) is 25.1. The summed E-state index contributed by atoms with van der Waals surface area (Å²) < 4.78 is 1.31. The molecule has 0 spiro atoms. The van der Waals surface area contributed by atoms with E-state index in [2.05, 4.69) is 127 Å². The highest BCUT2D eigenvalue weighted by Crippen LogP contribution is 2.33. The Morgan fingerprint density at radius 1 is 0.683 bits per heavy atom. The van der Waals surface area contributed by atoms with Gasteiger partial charge in [0.1, 0.15) is 0 Å². The number of thiophene rings is 2. The summed E-state index contributed by atoms with van der Waals surface area (Å²) >= 11 is 3.74. The smallest absolute Gasteiger partial charge is 0.0788 e. The number of pyridine rings is 1. The topological polar surface area (TPSA) is 25.2 Å². The molecule has 4 heteroatoms. The average Bonchev–Trinajstić information content (AvgIpc) is 3.48. The zero-order chi connectivity index (χ0) is 28.7. The number of aromatic nitrogens is 1. The number of hydrogen-bond acceptors (Lipinski definition) is 4. The first-order valence-electron chi connectivity index (χ1n) is 14.1. The minimum absolute atomic E-state index is 0. The Kier molecular flexibility index (Phi) is 9.06. The van der Waals surface area contributed by atoms with Crippen LogP contribution in [-0.2, 0) is 17.3 Å². The highest BCUT2D eigenvalue weighted by atomic mass is 32.1. The lowest BCUT2D eigenvalue weighted by atomic mass is 9.86. The number of rotatable bonds is 2. The van der Waals surface area contributed by atoms with Gasteiger partial charge in [-0.25, -0.2) is 0 Å². The molecule has 2 nitrogen and oxygen atoms in total. The van der Waals surface area contributed by atoms with Gasteiger partial charge in [0.15, 0.2) is 0 Å². The van der Waals surface area contributed by atoms with Crippen LogP contribution in [0.3, 0.4) is 0 Å². The molecule has 0 amide bonds. The fraction of sp³-hybridized carbons (Fsp3) is 0.351. The van der Waals surface area contributed by atoms with Crippen molar-refractivity contribution in [2.75, 3.05) is 6.54 Å². The third-order valence-electron chi connectivity index (χ3n) is 7.41. The predicted molar refractivity (Wildman–Crippen MR) is 184 cm³/mol. The quantitative estimate of drug-likeness (QED) is 0.204. The molecular weight excluding hydrogens is 537 g/mol. The van der Waals surface area contributed by atoms with Crippen LogP contribution in [0, 0.1) is 13.8 Å². The maximum atomic E-state index is 4.77. The molecule has 41 heavy (non-hydrogen) atoms. The maximum Gasteiger partial charge on any atom is 0.0788 e. The number of nitrogens with zero attached hydrogens (tertiary/aromatic N) is 2. The van der Waals surface area contributed by atoms with E-state index in [0.29, 0.717) is 0 Å². The van der Waals surface area contributed by atoms with E-state index in [1.54, 1.807) is 0 Å². The van der Waals surface area contributed by atoms with Gasteiger partial charge in [0.05, 0.1) is 11.4 Å². The van der Waals surface area contributed by atoms with Crippen LogP contribution >= 0.6 is 22.7 Å². The Bertz CT molecular complexity index is 1650. The fourth-order valence-corrected chi connectivity index (χ4v) is 7.07. The van der Waals surface area contributed by atoms with Crippen molar-refractivity contribution in [1.29, 1.82) is 0 Å². The molecule has 1 aliphatic heterocycles. The number of aliphatic imine (C=N–C) groups is 1. The lowest BCUT2D eigenvalue weighted by Gasteiger charge is -2.20. The second-order valence-electron chi connectivity index (χ2n) is 12.8. The van der Waals surface area contributed by atoms with Crippen LogP contribution in [-0.4, -0.2) is 17.2 Å². The Morgan fingerprint density at radius 3 is 1.83 bits per heavy atom. The fourth-order valence-electron chi connectivity index (χ4n) is 5.13. The van der Waals surface area contributed by atoms with Crippen molar-refractivity contribution < 1.29 is 0 Å². The SMILES string of the molecule is C.Cc1cc2c(-c3ccc(C(C)(C)C)cc3)nccc2s1.Cc1cc2c(s1)CCN=C2c1ccc(C(C)(C)C)cc1. The molecule has 4 heterocycles. The summed E-state index contributed by atoms with van der Waals surface area (Å²) in [6.07, 6.45) is 3.00. The summed E-state index contributed by atoms with van der Waals surface area (Å²) in [5.74, 6) is 0. The molecule has 3 aromatic heterocycles. The van der Waals surface area contributed by atoms with Gasteiger partial charge < -0.3 is 0 Å². The summed E-state index contributed by atoms with van der Waals surface area (Å²) in [5.41, 5.74) is 9.19. The monoisotopic (exact) mass is 580 g/mol. The average molecular weight is 581 g/mol. The molecular formula is C37H44N2S2. The maximum absolute atomic E-state index is 4.77. The van der Waals surface area contributed by atoms with Gasteiger partial charge in [0.25, 0.3) is 0 Å². The summed E-state index contributed by atoms with van der Waals surface area (Å²) in [5, 5.41) is 1.26. The lowest BCUT2D eigenvalue weighted by Crippen LogP contribution is -2.14. The third kappa shape index (κ3) is 6.88. The van der Waals surface area contributed by atoms with Gasteiger partial charge in [-0.15, -0.1) is 22.7 Å². The van der Waals surface area contributed by atoms with Crippen LogP contribution in [0.2, 0.25) is 0 Å². The summed E-state index contributed by atoms with van der Waals surface area (Å²) in [6, 6.07) is 24.4. The van der Waals surface area contributed by atoms with Crippen molar-refractivity contribution in [1.82, 2.24) is 4.98 Å². The van der Waals surface area contributed by atoms with Gasteiger partial charge in [-0.2, -0.15) is 0 Å². The summed E-state index contributed by atoms with van der Waals surface area (Å²) in [4.78, 5) is 13.6. The molecule has 0 saturated heterocycles. The third-order valence-corrected chi connectivity index (χ3v) is 9.54. The van der Waals surface area contributed by atoms with Crippen molar-refractivity contribution in [3.05, 3.63) is 110 Å². The predicted octanol–water partition coefficient (Wildman–Crippen LogP) is 11.0. The van der Waals surface area contributed by atoms with Crippen molar-refractivity contribution >= 4 is 38.5 Å². The molecule has 0 N–H and O–H groups in total. The molecule has 0 aliphatic carbocycles. The van der Waals surface area contributed by atoms with E-state index >= 15 is 0 Å². The zero-order valence-corrected chi connectivity index (χ0v) is 26.7. The number of fused-ring (bicyclic) bond motifs is 2. The van der Waals surface area contributed by atoms with Crippen molar-refractivity contribution in [2.24, 2.45) is 4.99 Å². The Hall–Kier alpha value is -3.08. The normalized spacial score (nSPS) is 13.1. The Balaban J connectivity index is 0.000000184. The second kappa shape index (κ2) is 12.0. The van der Waals surface area contributed by atoms with Gasteiger partial charge in [-0.3, -0.25) is 9.98 Å². The van der Waals surface area contributed by atoms with Crippen molar-refractivity contribution in [3.63, 3.8) is 0 Å². The summed E-state index contributed by atoms with van der Waals surface area (Å²) in [7, 11) is 0. The van der Waals surface area contributed by atoms with E-state index in [9.17, 15) is 0 Å². The first kappa shape index (κ1) is 30.9. The minimum Gasteiger partial charge on any atom is -0.284 e. The number of aryl methyl sites for hydroxylation is 2. The molecule has 0 unspecified atom stereocenters. The van der Waals surface area contributed by atoms with Crippen LogP contribution < -0.4 is 0 Å². The van der Waals surface area contributed by atoms with Crippen LogP contribution in [0.1, 0.15) is 85.9 Å². The van der Waals surface area contributed by atoms with E-state index in [0.717, 1.165) is 18.7 Å². The molecule has 5 aromatic rings. The second-order valence-corrected chi connectivity index (χ2v) is 15.4. The molecule has 214 valence electrons. The van der Waals surface area contributed by atoms with Gasteiger partial charge in [-0.05, 0) is 54.0 Å². The molecule has 0 fully saturated rings. The first-order valence-corrected chi connectivity index (χ1v) is 15.7. The van der Waals surface area contributed by atoms with E-state index in [1.165, 1.54) is 58.2 Å². The van der Waals surface area contributed by atoms with Crippen LogP contribution in [0.15, 0.2) is 77.9 Å². The molecule has 0 bridgehead atoms. The lowest BCUT2D eigenvalue weighted by molar-refractivity contribution is 0.590. The molecule has 1 aliphatic rings. The van der Waals surface area contributed by atoms with Crippen molar-refractivity contribution in [2.45, 2.75) is 80.1 Å². The molecule has 0 radical (unpaired) electrons. The van der Waals surface area contributed by atoms with Gasteiger partial charge in [-0.1, -0.05) is 97.5 Å². The first-order chi connectivity index (χ1) is 18.9. The molecule has 2 aromatic carbocycles. The van der Waals surface area contributed by atoms with Gasteiger partial charge in [0.2, 0.25) is 0 Å². The van der Waals surface area contributed by atoms with E-state index < -0.39 is 0 Å². The van der Waals surface area contributed by atoms with Gasteiger partial charge in [0, 0.05) is 60.6 Å². The van der Waals surface area contributed by atoms with E-state index in [1.807, 2.05) is 28.9 Å². The number of benzene rings is 2. The van der Waals surface area contributed by atoms with Crippen LogP contribution in [0.25, 0.3) is 21.3 Å². The molecule has 6 rings (SSSR count). The number of hydrogen-bond donors (Lipinski definition) is 0. The Labute approximate surface area is 255 Å². The highest BCUT2D eigenvalue weighted by molar-refractivity contribution is 7.19. The Morgan fingerprint density at radius 2 is 1.24 bits per heavy atom. The highest BCUT2D eigenvalue weighted by Gasteiger charge is 2.20. The van der Waals surface area contributed by atoms with E-state index in [-0.39, 0.29) is 18.3 Å². The van der Waals surface area contributed by atoms with Crippen molar-refractivity contribution in [3.8, 4) is 11.3 Å². The summed E-state index contributed by atoms with van der Waals surface area (Å²) in [6.45, 7) is 18.7. The van der Waals surface area contributed by atoms with Crippen LogP contribution in [0.4, 0.5) is 0 Å². The minimum atomic E-state index is 0.